The fraction of sp³-hybridized carbons (Fsp3) is 0.556. The van der Waals surface area contributed by atoms with Crippen LogP contribution in [0.4, 0.5) is 0 Å². The van der Waals surface area contributed by atoms with E-state index in [1.54, 1.807) is 0 Å². The largest absolute Gasteiger partial charge is 0.463 e. The van der Waals surface area contributed by atoms with Crippen molar-refractivity contribution in [3.8, 4) is 0 Å². The molecule has 3 atom stereocenters. The quantitative estimate of drug-likeness (QED) is 0.754. The molecule has 126 valence electrons. The number of rotatable bonds is 6. The van der Waals surface area contributed by atoms with E-state index in [9.17, 15) is 9.59 Å². The Morgan fingerprint density at radius 2 is 1.87 bits per heavy atom. The number of carbonyl (C=O) groups is 2. The fourth-order valence-electron chi connectivity index (χ4n) is 2.82. The van der Waals surface area contributed by atoms with Crippen molar-refractivity contribution < 1.29 is 23.8 Å². The molecule has 2 rings (SSSR count). The highest BCUT2D eigenvalue weighted by molar-refractivity contribution is 5.66. The second kappa shape index (κ2) is 8.67. The topological polar surface area (TPSA) is 61.8 Å². The molecule has 5 heteroatoms. The highest BCUT2D eigenvalue weighted by atomic mass is 16.6. The highest BCUT2D eigenvalue weighted by Crippen LogP contribution is 2.25. The van der Waals surface area contributed by atoms with Gasteiger partial charge in [-0.15, -0.1) is 0 Å². The summed E-state index contributed by atoms with van der Waals surface area (Å²) in [6, 6.07) is 10.2. The lowest BCUT2D eigenvalue weighted by Gasteiger charge is -2.35. The number of hydrogen-bond donors (Lipinski definition) is 0. The van der Waals surface area contributed by atoms with Crippen molar-refractivity contribution in [1.82, 2.24) is 0 Å². The molecule has 0 bridgehead atoms. The summed E-state index contributed by atoms with van der Waals surface area (Å²) < 4.78 is 16.4. The van der Waals surface area contributed by atoms with E-state index < -0.39 is 6.10 Å². The minimum absolute atomic E-state index is 0.0857. The molecule has 1 aromatic rings. The van der Waals surface area contributed by atoms with Crippen LogP contribution in [0, 0.1) is 0 Å². The van der Waals surface area contributed by atoms with Crippen LogP contribution < -0.4 is 0 Å². The van der Waals surface area contributed by atoms with Crippen molar-refractivity contribution in [2.75, 3.05) is 6.61 Å². The van der Waals surface area contributed by atoms with E-state index in [-0.39, 0.29) is 30.8 Å². The Labute approximate surface area is 136 Å². The zero-order chi connectivity index (χ0) is 16.7. The number of aryl methyl sites for hydroxylation is 1. The van der Waals surface area contributed by atoms with E-state index in [4.69, 9.17) is 14.2 Å². The highest BCUT2D eigenvalue weighted by Gasteiger charge is 2.34. The molecule has 1 aliphatic rings. The first-order valence-corrected chi connectivity index (χ1v) is 8.04. The Balaban J connectivity index is 1.88. The molecule has 1 saturated heterocycles. The summed E-state index contributed by atoms with van der Waals surface area (Å²) in [4.78, 5) is 22.2. The first-order chi connectivity index (χ1) is 11.0. The van der Waals surface area contributed by atoms with Crippen molar-refractivity contribution in [2.24, 2.45) is 0 Å². The van der Waals surface area contributed by atoms with Crippen molar-refractivity contribution in [1.29, 1.82) is 0 Å². The molecule has 23 heavy (non-hydrogen) atoms. The van der Waals surface area contributed by atoms with Crippen LogP contribution in [0.3, 0.4) is 0 Å². The van der Waals surface area contributed by atoms with Gasteiger partial charge in [0.25, 0.3) is 0 Å². The van der Waals surface area contributed by atoms with Gasteiger partial charge in [-0.25, -0.2) is 0 Å². The van der Waals surface area contributed by atoms with Crippen LogP contribution in [0.2, 0.25) is 0 Å². The van der Waals surface area contributed by atoms with Gasteiger partial charge < -0.3 is 14.2 Å². The van der Waals surface area contributed by atoms with Gasteiger partial charge in [-0.1, -0.05) is 30.3 Å². The standard InChI is InChI=1S/C18H24O5/c1-13(19)21-12-18-17(22-14(2)20)11-10-16(23-18)9-8-15-6-4-3-5-7-15/h3-7,16-18H,8-12H2,1-2H3/t16-,17+,18-/m1/s1. The van der Waals surface area contributed by atoms with E-state index in [0.717, 1.165) is 25.7 Å². The van der Waals surface area contributed by atoms with Crippen molar-refractivity contribution in [3.63, 3.8) is 0 Å². The Morgan fingerprint density at radius 3 is 2.52 bits per heavy atom. The van der Waals surface area contributed by atoms with E-state index in [0.29, 0.717) is 0 Å². The summed E-state index contributed by atoms with van der Waals surface area (Å²) in [5, 5.41) is 0. The molecule has 0 saturated carbocycles. The molecule has 5 nitrogen and oxygen atoms in total. The lowest BCUT2D eigenvalue weighted by atomic mass is 9.96. The second-order valence-corrected chi connectivity index (χ2v) is 5.85. The van der Waals surface area contributed by atoms with Gasteiger partial charge >= 0.3 is 11.9 Å². The molecule has 1 aromatic carbocycles. The van der Waals surface area contributed by atoms with E-state index in [1.807, 2.05) is 18.2 Å². The molecular weight excluding hydrogens is 296 g/mol. The Kier molecular flexibility index (Phi) is 6.59. The summed E-state index contributed by atoms with van der Waals surface area (Å²) in [5.74, 6) is -0.698. The summed E-state index contributed by atoms with van der Waals surface area (Å²) in [6.07, 6.45) is 2.74. The normalized spacial score (nSPS) is 24.0. The summed E-state index contributed by atoms with van der Waals surface area (Å²) in [6.45, 7) is 2.86. The van der Waals surface area contributed by atoms with Gasteiger partial charge in [-0.3, -0.25) is 9.59 Å². The predicted octanol–water partition coefficient (Wildman–Crippen LogP) is 2.66. The average molecular weight is 320 g/mol. The number of benzene rings is 1. The maximum atomic E-state index is 11.2. The molecule has 0 aromatic heterocycles. The van der Waals surface area contributed by atoms with Crippen molar-refractivity contribution in [3.05, 3.63) is 35.9 Å². The van der Waals surface area contributed by atoms with Crippen LogP contribution in [0.5, 0.6) is 0 Å². The van der Waals surface area contributed by atoms with Gasteiger partial charge in [-0.05, 0) is 31.2 Å². The summed E-state index contributed by atoms with van der Waals surface area (Å²) in [7, 11) is 0. The van der Waals surface area contributed by atoms with Crippen LogP contribution >= 0.6 is 0 Å². The van der Waals surface area contributed by atoms with Gasteiger partial charge in [0.1, 0.15) is 18.8 Å². The van der Waals surface area contributed by atoms with Crippen molar-refractivity contribution in [2.45, 2.75) is 57.8 Å². The molecular formula is C18H24O5. The molecule has 0 aliphatic carbocycles. The van der Waals surface area contributed by atoms with Gasteiger partial charge in [0.2, 0.25) is 0 Å². The van der Waals surface area contributed by atoms with Gasteiger partial charge in [-0.2, -0.15) is 0 Å². The summed E-state index contributed by atoms with van der Waals surface area (Å²) >= 11 is 0. The molecule has 1 aliphatic heterocycles. The number of ether oxygens (including phenoxy) is 3. The lowest BCUT2D eigenvalue weighted by Crippen LogP contribution is -2.44. The van der Waals surface area contributed by atoms with Gasteiger partial charge in [0, 0.05) is 13.8 Å². The zero-order valence-corrected chi connectivity index (χ0v) is 13.7. The predicted molar refractivity (Wildman–Crippen MR) is 84.8 cm³/mol. The Morgan fingerprint density at radius 1 is 1.13 bits per heavy atom. The third kappa shape index (κ3) is 6.02. The third-order valence-electron chi connectivity index (χ3n) is 3.92. The Hall–Kier alpha value is -1.88. The number of carbonyl (C=O) groups excluding carboxylic acids is 2. The van der Waals surface area contributed by atoms with Gasteiger partial charge in [0.05, 0.1) is 6.10 Å². The second-order valence-electron chi connectivity index (χ2n) is 5.85. The number of hydrogen-bond acceptors (Lipinski definition) is 5. The van der Waals surface area contributed by atoms with Crippen LogP contribution in [0.1, 0.15) is 38.7 Å². The molecule has 0 amide bonds. The minimum Gasteiger partial charge on any atom is -0.463 e. The molecule has 1 heterocycles. The molecule has 0 spiro atoms. The monoisotopic (exact) mass is 320 g/mol. The molecule has 1 fully saturated rings. The van der Waals surface area contributed by atoms with Crippen LogP contribution in [0.25, 0.3) is 0 Å². The average Bonchev–Trinajstić information content (AvgIpc) is 2.53. The third-order valence-corrected chi connectivity index (χ3v) is 3.92. The first kappa shape index (κ1) is 17.5. The van der Waals surface area contributed by atoms with Crippen LogP contribution in [-0.4, -0.2) is 36.9 Å². The Bertz CT molecular complexity index is 513. The van der Waals surface area contributed by atoms with E-state index >= 15 is 0 Å². The summed E-state index contributed by atoms with van der Waals surface area (Å²) in [5.41, 5.74) is 1.27. The molecule has 0 N–H and O–H groups in total. The first-order valence-electron chi connectivity index (χ1n) is 8.04. The number of esters is 2. The maximum absolute atomic E-state index is 11.2. The van der Waals surface area contributed by atoms with Gasteiger partial charge in [0.15, 0.2) is 0 Å². The maximum Gasteiger partial charge on any atom is 0.302 e. The van der Waals surface area contributed by atoms with E-state index in [2.05, 4.69) is 12.1 Å². The fourth-order valence-corrected chi connectivity index (χ4v) is 2.82. The smallest absolute Gasteiger partial charge is 0.302 e. The molecule has 0 unspecified atom stereocenters. The lowest BCUT2D eigenvalue weighted by molar-refractivity contribution is -0.181. The van der Waals surface area contributed by atoms with Crippen molar-refractivity contribution >= 4 is 11.9 Å². The van der Waals surface area contributed by atoms with E-state index in [1.165, 1.54) is 19.4 Å². The van der Waals surface area contributed by atoms with Crippen LogP contribution in [-0.2, 0) is 30.2 Å². The zero-order valence-electron chi connectivity index (χ0n) is 13.7. The van der Waals surface area contributed by atoms with Crippen LogP contribution in [0.15, 0.2) is 30.3 Å². The molecule has 0 radical (unpaired) electrons. The SMILES string of the molecule is CC(=O)OC[C@H]1O[C@H](CCc2ccccc2)CC[C@@H]1OC(C)=O. The minimum atomic E-state index is -0.391.